The van der Waals surface area contributed by atoms with Gasteiger partial charge in [0, 0.05) is 22.5 Å². The Kier molecular flexibility index (Phi) is 2.50. The molecule has 5 heteroatoms. The quantitative estimate of drug-likeness (QED) is 0.673. The first kappa shape index (κ1) is 11.8. The van der Waals surface area contributed by atoms with Crippen LogP contribution in [0.3, 0.4) is 0 Å². The minimum Gasteiger partial charge on any atom is -0.399 e. The first-order valence-corrected chi connectivity index (χ1v) is 7.67. The van der Waals surface area contributed by atoms with Crippen LogP contribution in [0.5, 0.6) is 0 Å². The molecule has 1 aliphatic rings. The summed E-state index contributed by atoms with van der Waals surface area (Å²) in [4.78, 5) is 1.41. The van der Waals surface area contributed by atoms with E-state index in [2.05, 4.69) is 28.4 Å². The van der Waals surface area contributed by atoms with Gasteiger partial charge in [-0.25, -0.2) is 4.68 Å². The summed E-state index contributed by atoms with van der Waals surface area (Å²) in [6, 6.07) is 8.43. The highest BCUT2D eigenvalue weighted by Gasteiger charge is 2.26. The molecule has 2 aromatic heterocycles. The third-order valence-electron chi connectivity index (χ3n) is 3.93. The van der Waals surface area contributed by atoms with Gasteiger partial charge in [-0.05, 0) is 48.6 Å². The van der Waals surface area contributed by atoms with Gasteiger partial charge < -0.3 is 11.1 Å². The largest absolute Gasteiger partial charge is 0.399 e. The summed E-state index contributed by atoms with van der Waals surface area (Å²) >= 11 is 1.82. The molecule has 3 N–H and O–H groups in total. The Hall–Kier alpha value is -2.01. The van der Waals surface area contributed by atoms with Gasteiger partial charge in [-0.2, -0.15) is 5.10 Å². The van der Waals surface area contributed by atoms with E-state index in [-0.39, 0.29) is 0 Å². The summed E-state index contributed by atoms with van der Waals surface area (Å²) in [5.74, 6) is 1.09. The number of nitrogens with zero attached hydrogens (tertiary/aromatic N) is 2. The van der Waals surface area contributed by atoms with Crippen LogP contribution in [0.1, 0.15) is 22.9 Å². The highest BCUT2D eigenvalue weighted by atomic mass is 32.1. The molecule has 1 atom stereocenters. The summed E-state index contributed by atoms with van der Waals surface area (Å²) in [7, 11) is 0. The molecule has 0 saturated carbocycles. The molecule has 0 fully saturated rings. The molecule has 0 aliphatic carbocycles. The van der Waals surface area contributed by atoms with E-state index in [9.17, 15) is 0 Å². The minimum absolute atomic E-state index is 0.333. The van der Waals surface area contributed by atoms with Crippen molar-refractivity contribution < 1.29 is 0 Å². The average molecular weight is 284 g/mol. The van der Waals surface area contributed by atoms with Gasteiger partial charge in [-0.15, -0.1) is 11.3 Å². The first-order chi connectivity index (χ1) is 9.74. The smallest absolute Gasteiger partial charge is 0.133 e. The zero-order valence-corrected chi connectivity index (χ0v) is 12.1. The number of nitrogens with one attached hydrogen (secondary N) is 1. The topological polar surface area (TPSA) is 55.9 Å². The number of fused-ring (bicyclic) bond motifs is 3. The van der Waals surface area contributed by atoms with Crippen LogP contribution in [0, 0.1) is 6.92 Å². The Morgan fingerprint density at radius 1 is 1.40 bits per heavy atom. The molecule has 0 bridgehead atoms. The predicted molar refractivity (Wildman–Crippen MR) is 84.4 cm³/mol. The second kappa shape index (κ2) is 4.24. The zero-order chi connectivity index (χ0) is 13.7. The third kappa shape index (κ3) is 1.63. The summed E-state index contributed by atoms with van der Waals surface area (Å²) in [5.41, 5.74) is 9.04. The van der Waals surface area contributed by atoms with E-state index in [1.807, 2.05) is 29.5 Å². The number of rotatable bonds is 1. The molecule has 0 radical (unpaired) electrons. The van der Waals surface area contributed by atoms with Gasteiger partial charge in [-0.1, -0.05) is 0 Å². The van der Waals surface area contributed by atoms with Crippen molar-refractivity contribution in [3.05, 3.63) is 40.1 Å². The number of thiophene rings is 1. The number of benzene rings is 1. The molecular formula is C15H16N4S. The van der Waals surface area contributed by atoms with Crippen LogP contribution in [0.2, 0.25) is 0 Å². The fraction of sp³-hybridized carbons (Fsp3) is 0.267. The summed E-state index contributed by atoms with van der Waals surface area (Å²) in [5, 5.41) is 11.5. The molecule has 20 heavy (non-hydrogen) atoms. The van der Waals surface area contributed by atoms with E-state index < -0.39 is 0 Å². The van der Waals surface area contributed by atoms with Crippen molar-refractivity contribution in [2.24, 2.45) is 0 Å². The lowest BCUT2D eigenvalue weighted by Crippen LogP contribution is -2.24. The van der Waals surface area contributed by atoms with Gasteiger partial charge in [0.25, 0.3) is 0 Å². The summed E-state index contributed by atoms with van der Waals surface area (Å²) < 4.78 is 2.13. The molecular weight excluding hydrogens is 268 g/mol. The second-order valence-corrected chi connectivity index (χ2v) is 6.22. The highest BCUT2D eigenvalue weighted by molar-refractivity contribution is 7.10. The molecule has 0 amide bonds. The molecule has 4 nitrogen and oxygen atoms in total. The van der Waals surface area contributed by atoms with Crippen LogP contribution in [0.4, 0.5) is 11.5 Å². The van der Waals surface area contributed by atoms with E-state index in [0.717, 1.165) is 35.4 Å². The van der Waals surface area contributed by atoms with E-state index >= 15 is 0 Å². The Morgan fingerprint density at radius 3 is 3.10 bits per heavy atom. The maximum Gasteiger partial charge on any atom is 0.133 e. The molecule has 1 aromatic carbocycles. The van der Waals surface area contributed by atoms with Crippen molar-refractivity contribution in [3.63, 3.8) is 0 Å². The molecule has 0 spiro atoms. The predicted octanol–water partition coefficient (Wildman–Crippen LogP) is 3.39. The van der Waals surface area contributed by atoms with Crippen LogP contribution in [0.25, 0.3) is 10.9 Å². The van der Waals surface area contributed by atoms with Crippen LogP contribution in [-0.4, -0.2) is 16.3 Å². The molecule has 3 aromatic rings. The van der Waals surface area contributed by atoms with E-state index in [4.69, 9.17) is 10.8 Å². The highest BCUT2D eigenvalue weighted by Crippen LogP contribution is 2.37. The van der Waals surface area contributed by atoms with Gasteiger partial charge in [-0.3, -0.25) is 0 Å². The number of nitrogens with two attached hydrogens (primary N) is 1. The van der Waals surface area contributed by atoms with Crippen LogP contribution >= 0.6 is 11.3 Å². The van der Waals surface area contributed by atoms with Crippen LogP contribution in [-0.2, 0) is 0 Å². The lowest BCUT2D eigenvalue weighted by Gasteiger charge is -2.25. The average Bonchev–Trinajstić information content (AvgIpc) is 3.02. The van der Waals surface area contributed by atoms with Gasteiger partial charge >= 0.3 is 0 Å². The Morgan fingerprint density at radius 2 is 2.30 bits per heavy atom. The number of hydrogen-bond acceptors (Lipinski definition) is 4. The third-order valence-corrected chi connectivity index (χ3v) is 5.05. The number of aryl methyl sites for hydroxylation is 1. The molecule has 4 rings (SSSR count). The number of nitrogen functional groups attached to an aromatic ring is 1. The Labute approximate surface area is 121 Å². The fourth-order valence-corrected chi connectivity index (χ4v) is 3.99. The molecule has 102 valence electrons. The number of aromatic nitrogens is 2. The molecule has 3 heterocycles. The van der Waals surface area contributed by atoms with E-state index in [1.54, 1.807) is 0 Å². The van der Waals surface area contributed by atoms with Crippen LogP contribution < -0.4 is 11.1 Å². The lowest BCUT2D eigenvalue weighted by atomic mass is 10.1. The van der Waals surface area contributed by atoms with E-state index in [1.165, 1.54) is 10.4 Å². The fourth-order valence-electron chi connectivity index (χ4n) is 2.94. The Balaban J connectivity index is 1.93. The molecule has 1 aliphatic heterocycles. The monoisotopic (exact) mass is 284 g/mol. The van der Waals surface area contributed by atoms with Crippen molar-refractivity contribution in [1.29, 1.82) is 0 Å². The summed E-state index contributed by atoms with van der Waals surface area (Å²) in [6.07, 6.45) is 1.07. The maximum absolute atomic E-state index is 5.91. The van der Waals surface area contributed by atoms with Crippen molar-refractivity contribution in [1.82, 2.24) is 9.78 Å². The number of anilines is 2. The standard InChI is InChI=1S/C15H16N4S/c1-9-5-7-20-14(9)13-4-6-17-15-11-8-10(16)2-3-12(11)18-19(13)15/h2-3,5,7-8,13,17H,4,6,16H2,1H3. The molecule has 1 unspecified atom stereocenters. The van der Waals surface area contributed by atoms with Crippen molar-refractivity contribution in [2.45, 2.75) is 19.4 Å². The van der Waals surface area contributed by atoms with Gasteiger partial charge in [0.05, 0.1) is 11.6 Å². The van der Waals surface area contributed by atoms with Crippen LogP contribution in [0.15, 0.2) is 29.6 Å². The summed E-state index contributed by atoms with van der Waals surface area (Å²) in [6.45, 7) is 3.15. The van der Waals surface area contributed by atoms with Gasteiger partial charge in [0.1, 0.15) is 5.82 Å². The normalized spacial score (nSPS) is 17.9. The van der Waals surface area contributed by atoms with Crippen molar-refractivity contribution in [3.8, 4) is 0 Å². The Bertz CT molecular complexity index is 786. The van der Waals surface area contributed by atoms with Gasteiger partial charge in [0.2, 0.25) is 0 Å². The first-order valence-electron chi connectivity index (χ1n) is 6.79. The minimum atomic E-state index is 0.333. The lowest BCUT2D eigenvalue weighted by molar-refractivity contribution is 0.491. The maximum atomic E-state index is 5.91. The zero-order valence-electron chi connectivity index (χ0n) is 11.3. The number of hydrogen-bond donors (Lipinski definition) is 2. The molecule has 0 saturated heterocycles. The second-order valence-electron chi connectivity index (χ2n) is 5.27. The SMILES string of the molecule is Cc1ccsc1C1CCNc2c3cc(N)ccc3nn21. The van der Waals surface area contributed by atoms with Gasteiger partial charge in [0.15, 0.2) is 0 Å². The van der Waals surface area contributed by atoms with E-state index in [0.29, 0.717) is 6.04 Å². The van der Waals surface area contributed by atoms with Crippen molar-refractivity contribution >= 4 is 33.7 Å². The van der Waals surface area contributed by atoms with Crippen molar-refractivity contribution in [2.75, 3.05) is 17.6 Å².